The van der Waals surface area contributed by atoms with E-state index in [9.17, 15) is 4.79 Å². The molecule has 3 N–H and O–H groups in total. The number of rotatable bonds is 7. The molecule has 1 amide bonds. The Kier molecular flexibility index (Phi) is 7.83. The molecule has 4 heterocycles. The van der Waals surface area contributed by atoms with Crippen molar-refractivity contribution in [1.29, 1.82) is 5.41 Å². The van der Waals surface area contributed by atoms with Gasteiger partial charge in [0.2, 0.25) is 11.8 Å². The van der Waals surface area contributed by atoms with Crippen LogP contribution in [0.4, 0.5) is 11.5 Å². The van der Waals surface area contributed by atoms with Crippen LogP contribution in [0.5, 0.6) is 23.4 Å². The molecule has 12 heteroatoms. The number of pyridine rings is 1. The number of likely N-dealkylation sites (N-methyl/N-ethyl adjacent to an activating group) is 1. The molecule has 2 aromatic heterocycles. The minimum Gasteiger partial charge on any atom is -0.435 e. The van der Waals surface area contributed by atoms with Crippen LogP contribution >= 0.6 is 11.6 Å². The molecule has 2 aromatic carbocycles. The Balaban J connectivity index is 1.45. The number of nitrogens with two attached hydrogens (primary N) is 1. The van der Waals surface area contributed by atoms with Crippen molar-refractivity contribution in [3.8, 4) is 23.4 Å². The maximum atomic E-state index is 12.2. The van der Waals surface area contributed by atoms with Crippen LogP contribution < -0.4 is 20.1 Å². The maximum absolute atomic E-state index is 12.2. The Labute approximate surface area is 254 Å². The number of nitrogens with zero attached hydrogens (tertiary/aromatic N) is 6. The van der Waals surface area contributed by atoms with Crippen LogP contribution in [0, 0.1) is 5.41 Å². The summed E-state index contributed by atoms with van der Waals surface area (Å²) in [6.07, 6.45) is 4.88. The third-order valence-electron chi connectivity index (χ3n) is 7.75. The summed E-state index contributed by atoms with van der Waals surface area (Å²) in [7, 11) is 2.10. The first kappa shape index (κ1) is 28.4. The summed E-state index contributed by atoms with van der Waals surface area (Å²) < 4.78 is 12.6. The van der Waals surface area contributed by atoms with Crippen LogP contribution in [0.2, 0.25) is 5.02 Å². The Morgan fingerprint density at radius 3 is 2.67 bits per heavy atom. The van der Waals surface area contributed by atoms with E-state index in [1.807, 2.05) is 18.2 Å². The van der Waals surface area contributed by atoms with Crippen LogP contribution in [0.1, 0.15) is 16.7 Å². The molecule has 220 valence electrons. The summed E-state index contributed by atoms with van der Waals surface area (Å²) in [5.41, 5.74) is 9.53. The van der Waals surface area contributed by atoms with Gasteiger partial charge in [0.05, 0.1) is 16.0 Å². The SMILES string of the molecule is C=CC(=O)N1CCN(c2nc(Oc3cccc4c3CCN(C)C4)nc3c(Oc4c(Cl)ccc(N)c4C=N)nccc23)CC1. The van der Waals surface area contributed by atoms with E-state index in [1.54, 1.807) is 23.2 Å². The van der Waals surface area contributed by atoms with E-state index in [-0.39, 0.29) is 28.6 Å². The number of carbonyl (C=O) groups is 1. The van der Waals surface area contributed by atoms with Crippen molar-refractivity contribution in [3.63, 3.8) is 0 Å². The van der Waals surface area contributed by atoms with Gasteiger partial charge in [-0.2, -0.15) is 9.97 Å². The molecule has 0 unspecified atom stereocenters. The molecule has 0 radical (unpaired) electrons. The van der Waals surface area contributed by atoms with Crippen molar-refractivity contribution in [2.75, 3.05) is 50.4 Å². The lowest BCUT2D eigenvalue weighted by Gasteiger charge is -2.35. The largest absolute Gasteiger partial charge is 0.435 e. The summed E-state index contributed by atoms with van der Waals surface area (Å²) in [6, 6.07) is 11.2. The first-order chi connectivity index (χ1) is 20.9. The summed E-state index contributed by atoms with van der Waals surface area (Å²) in [6.45, 7) is 7.50. The molecule has 0 spiro atoms. The second-order valence-corrected chi connectivity index (χ2v) is 10.9. The second kappa shape index (κ2) is 11.9. The van der Waals surface area contributed by atoms with Crippen molar-refractivity contribution >= 4 is 46.1 Å². The summed E-state index contributed by atoms with van der Waals surface area (Å²) >= 11 is 6.48. The van der Waals surface area contributed by atoms with Crippen molar-refractivity contribution in [1.82, 2.24) is 24.8 Å². The van der Waals surface area contributed by atoms with Crippen molar-refractivity contribution in [2.24, 2.45) is 0 Å². The monoisotopic (exact) mass is 598 g/mol. The lowest BCUT2D eigenvalue weighted by Crippen LogP contribution is -2.48. The first-order valence-electron chi connectivity index (χ1n) is 13.9. The van der Waals surface area contributed by atoms with Gasteiger partial charge in [-0.25, -0.2) is 4.98 Å². The molecule has 1 saturated heterocycles. The van der Waals surface area contributed by atoms with Crippen molar-refractivity contribution < 1.29 is 14.3 Å². The topological polar surface area (TPSA) is 134 Å². The molecular weight excluding hydrogens is 568 g/mol. The van der Waals surface area contributed by atoms with E-state index in [1.165, 1.54) is 11.6 Å². The van der Waals surface area contributed by atoms with Crippen LogP contribution in [-0.4, -0.2) is 76.6 Å². The molecule has 6 rings (SSSR count). The highest BCUT2D eigenvalue weighted by atomic mass is 35.5. The number of benzene rings is 2. The predicted octanol–water partition coefficient (Wildman–Crippen LogP) is 4.67. The quantitative estimate of drug-likeness (QED) is 0.177. The number of ether oxygens (including phenoxy) is 2. The minimum absolute atomic E-state index is 0.100. The number of nitrogens with one attached hydrogen (secondary N) is 1. The minimum atomic E-state index is -0.100. The number of piperazine rings is 1. The smallest absolute Gasteiger partial charge is 0.324 e. The van der Waals surface area contributed by atoms with Crippen LogP contribution in [0.15, 0.2) is 55.3 Å². The zero-order valence-corrected chi connectivity index (χ0v) is 24.5. The van der Waals surface area contributed by atoms with Gasteiger partial charge in [-0.15, -0.1) is 0 Å². The van der Waals surface area contributed by atoms with Gasteiger partial charge >= 0.3 is 6.01 Å². The molecule has 0 saturated carbocycles. The van der Waals surface area contributed by atoms with Crippen molar-refractivity contribution in [3.05, 3.63) is 77.0 Å². The third-order valence-corrected chi connectivity index (χ3v) is 8.04. The number of fused-ring (bicyclic) bond motifs is 2. The van der Waals surface area contributed by atoms with Gasteiger partial charge in [-0.1, -0.05) is 30.3 Å². The van der Waals surface area contributed by atoms with Gasteiger partial charge in [0.1, 0.15) is 17.1 Å². The lowest BCUT2D eigenvalue weighted by atomic mass is 9.99. The second-order valence-electron chi connectivity index (χ2n) is 10.5. The lowest BCUT2D eigenvalue weighted by molar-refractivity contribution is -0.126. The van der Waals surface area contributed by atoms with E-state index in [0.29, 0.717) is 59.9 Å². The summed E-state index contributed by atoms with van der Waals surface area (Å²) in [4.78, 5) is 32.5. The van der Waals surface area contributed by atoms with Crippen molar-refractivity contribution in [2.45, 2.75) is 13.0 Å². The number of hydrogen-bond donors (Lipinski definition) is 2. The number of halogens is 1. The fourth-order valence-corrected chi connectivity index (χ4v) is 5.67. The fraction of sp³-hybridized carbons (Fsp3) is 0.258. The van der Waals surface area contributed by atoms with Gasteiger partial charge in [0.25, 0.3) is 0 Å². The predicted molar refractivity (Wildman–Crippen MR) is 167 cm³/mol. The molecule has 2 aliphatic rings. The third kappa shape index (κ3) is 5.56. The standard InChI is InChI=1S/C31H31ClN8O3/c1-3-26(41)39-13-15-40(16-14-39)29-21-9-11-35-30(43-28-22(17-33)24(34)8-7-23(28)32)27(21)36-31(37-29)42-25-6-4-5-19-18-38(2)12-10-20(19)25/h3-9,11,17,33H,1,10,12-16,18,34H2,2H3. The average Bonchev–Trinajstić information content (AvgIpc) is 3.02. The molecule has 0 aliphatic carbocycles. The van der Waals surface area contributed by atoms with E-state index in [4.69, 9.17) is 42.2 Å². The molecule has 4 aromatic rings. The Morgan fingerprint density at radius 1 is 1.09 bits per heavy atom. The molecule has 43 heavy (non-hydrogen) atoms. The van der Waals surface area contributed by atoms with Gasteiger partial charge in [0.15, 0.2) is 5.75 Å². The summed E-state index contributed by atoms with van der Waals surface area (Å²) in [5, 5.41) is 8.84. The molecule has 0 bridgehead atoms. The van der Waals surface area contributed by atoms with Crippen LogP contribution in [0.3, 0.4) is 0 Å². The van der Waals surface area contributed by atoms with Gasteiger partial charge in [0, 0.05) is 62.9 Å². The number of hydrogen-bond acceptors (Lipinski definition) is 10. The van der Waals surface area contributed by atoms with E-state index >= 15 is 0 Å². The highest BCUT2D eigenvalue weighted by molar-refractivity contribution is 6.32. The zero-order chi connectivity index (χ0) is 30.1. The van der Waals surface area contributed by atoms with Gasteiger partial charge in [-0.05, 0) is 49.4 Å². The molecule has 2 aliphatic heterocycles. The zero-order valence-electron chi connectivity index (χ0n) is 23.7. The summed E-state index contributed by atoms with van der Waals surface area (Å²) in [5.74, 6) is 1.61. The molecular formula is C31H31ClN8O3. The average molecular weight is 599 g/mol. The molecule has 1 fully saturated rings. The Hall–Kier alpha value is -4.74. The van der Waals surface area contributed by atoms with Crippen LogP contribution in [0.25, 0.3) is 10.9 Å². The van der Waals surface area contributed by atoms with Crippen LogP contribution in [-0.2, 0) is 17.8 Å². The fourth-order valence-electron chi connectivity index (χ4n) is 5.47. The van der Waals surface area contributed by atoms with E-state index < -0.39 is 0 Å². The molecule has 11 nitrogen and oxygen atoms in total. The maximum Gasteiger partial charge on any atom is 0.324 e. The molecule has 0 atom stereocenters. The Bertz CT molecular complexity index is 1740. The highest BCUT2D eigenvalue weighted by Crippen LogP contribution is 2.39. The normalized spacial score (nSPS) is 15.2. The number of amides is 1. The van der Waals surface area contributed by atoms with Gasteiger partial charge in [-0.3, -0.25) is 4.79 Å². The van der Waals surface area contributed by atoms with E-state index in [2.05, 4.69) is 34.5 Å². The highest BCUT2D eigenvalue weighted by Gasteiger charge is 2.26. The number of nitrogen functional groups attached to an aromatic ring is 1. The number of aromatic nitrogens is 3. The Morgan fingerprint density at radius 2 is 1.91 bits per heavy atom. The van der Waals surface area contributed by atoms with Gasteiger partial charge < -0.3 is 35.3 Å². The first-order valence-corrected chi connectivity index (χ1v) is 14.3. The number of carbonyl (C=O) groups excluding carboxylic acids is 1. The number of anilines is 2. The van der Waals surface area contributed by atoms with E-state index in [0.717, 1.165) is 31.3 Å².